The Bertz CT molecular complexity index is 3250. The second-order valence-electron chi connectivity index (χ2n) is 27.8. The van der Waals surface area contributed by atoms with Gasteiger partial charge in [0.2, 0.25) is 0 Å². The summed E-state index contributed by atoms with van der Waals surface area (Å²) < 4.78 is 0. The van der Waals surface area contributed by atoms with Crippen LogP contribution < -0.4 is 0 Å². The van der Waals surface area contributed by atoms with E-state index in [-0.39, 0.29) is 0 Å². The highest BCUT2D eigenvalue weighted by molar-refractivity contribution is 6.49. The highest BCUT2D eigenvalue weighted by atomic mass is 14.3. The number of unbranched alkanes of at least 4 members (excludes halogenated alkanes) is 25. The van der Waals surface area contributed by atoms with Crippen LogP contribution in [-0.4, -0.2) is 0 Å². The maximum atomic E-state index is 2.64. The summed E-state index contributed by atoms with van der Waals surface area (Å²) in [5, 5.41) is 14.1. The van der Waals surface area contributed by atoms with Crippen LogP contribution >= 0.6 is 0 Å². The van der Waals surface area contributed by atoms with Crippen LogP contribution in [0.1, 0.15) is 255 Å². The lowest BCUT2D eigenvalue weighted by molar-refractivity contribution is 0.607. The second kappa shape index (κ2) is 33.2. The fraction of sp³-hybridized carbons (Fsp3) is 0.444. The zero-order valence-electron chi connectivity index (χ0n) is 56.7. The highest BCUT2D eigenvalue weighted by Crippen LogP contribution is 2.57. The Balaban J connectivity index is 1.11. The molecule has 0 saturated heterocycles. The van der Waals surface area contributed by atoms with Crippen LogP contribution in [0.5, 0.6) is 0 Å². The van der Waals surface area contributed by atoms with Crippen LogP contribution in [0.2, 0.25) is 0 Å². The predicted molar refractivity (Wildman–Crippen MR) is 400 cm³/mol. The third-order valence-electron chi connectivity index (χ3n) is 20.9. The number of rotatable bonds is 40. The first-order valence-corrected chi connectivity index (χ1v) is 37.3. The summed E-state index contributed by atoms with van der Waals surface area (Å²) in [6.45, 7) is 11.6. The zero-order valence-corrected chi connectivity index (χ0v) is 56.7. The average Bonchev–Trinajstić information content (AvgIpc) is 1.50. The van der Waals surface area contributed by atoms with E-state index in [1.807, 2.05) is 0 Å². The molecular formula is C90H110. The van der Waals surface area contributed by atoms with E-state index in [0.717, 1.165) is 32.1 Å². The summed E-state index contributed by atoms with van der Waals surface area (Å²) in [5.74, 6) is 0. The zero-order chi connectivity index (χ0) is 61.9. The Morgan fingerprint density at radius 2 is 0.311 bits per heavy atom. The summed E-state index contributed by atoms with van der Waals surface area (Å²) >= 11 is 0. The SMILES string of the molecule is CCCCCCCCc1ccc(-c2cc3c(-c4ccc(CCCCCCCC)cc4)cc4c(-c5ccc(CCCCCCCC)cc5)cc5c(-c6ccc(CCCCCCCC)cc6)cc6c(-c7ccc(CCCCCCCC)cc7)cc2c2c6c5c4c32)cc1. The summed E-state index contributed by atoms with van der Waals surface area (Å²) in [6, 6.07) is 62.5. The van der Waals surface area contributed by atoms with Gasteiger partial charge in [0.15, 0.2) is 0 Å². The average molecular weight is 1190 g/mol. The summed E-state index contributed by atoms with van der Waals surface area (Å²) in [4.78, 5) is 0. The molecule has 0 saturated carbocycles. The third kappa shape index (κ3) is 15.7. The Morgan fingerprint density at radius 1 is 0.167 bits per heavy atom. The van der Waals surface area contributed by atoms with Gasteiger partial charge in [0, 0.05) is 0 Å². The smallest absolute Gasteiger partial charge is 0.000695 e. The van der Waals surface area contributed by atoms with Crippen LogP contribution in [0.15, 0.2) is 152 Å². The molecule has 0 aliphatic carbocycles. The second-order valence-corrected chi connectivity index (χ2v) is 27.8. The third-order valence-corrected chi connectivity index (χ3v) is 20.9. The normalized spacial score (nSPS) is 12.1. The van der Waals surface area contributed by atoms with Crippen molar-refractivity contribution >= 4 is 53.9 Å². The molecule has 0 N–H and O–H groups in total. The molecule has 0 atom stereocenters. The van der Waals surface area contributed by atoms with Crippen LogP contribution in [0.25, 0.3) is 109 Å². The standard InChI is InChI=1S/C90H110/c1-6-11-16-21-26-31-36-66-41-51-71(52-42-66)76-61-82-78(73-55-45-68(46-56-73)38-33-28-23-18-13-8-3)63-84-80(75-59-49-70(50-60-75)40-35-30-25-20-15-10-5)65-85-79(74-57-47-69(48-58-74)39-34-29-24-19-14-9-4)64-83-77(62-81(76)86-87(82)89(84)90(85)88(83)86)72-53-43-67(44-54-72)37-32-27-22-17-12-7-2/h41-65H,6-40H2,1-5H3. The Labute approximate surface area is 545 Å². The van der Waals surface area contributed by atoms with Gasteiger partial charge in [0.1, 0.15) is 0 Å². The molecular weight excluding hydrogens is 1080 g/mol. The molecule has 11 aromatic carbocycles. The van der Waals surface area contributed by atoms with Crippen molar-refractivity contribution in [3.05, 3.63) is 179 Å². The molecule has 11 rings (SSSR count). The highest BCUT2D eigenvalue weighted by Gasteiger charge is 2.29. The molecule has 0 heteroatoms. The van der Waals surface area contributed by atoms with Crippen molar-refractivity contribution in [3.63, 3.8) is 0 Å². The molecule has 0 unspecified atom stereocenters. The Hall–Kier alpha value is -6.50. The molecule has 0 nitrogen and oxygen atoms in total. The molecule has 0 bridgehead atoms. The van der Waals surface area contributed by atoms with Gasteiger partial charge in [-0.1, -0.05) is 316 Å². The number of hydrogen-bond acceptors (Lipinski definition) is 0. The Kier molecular flexibility index (Phi) is 24.0. The van der Waals surface area contributed by atoms with E-state index in [0.29, 0.717) is 0 Å². The van der Waals surface area contributed by atoms with E-state index >= 15 is 0 Å². The van der Waals surface area contributed by atoms with E-state index < -0.39 is 0 Å². The number of benzene rings is 10. The lowest BCUT2D eigenvalue weighted by atomic mass is 9.85. The quantitative estimate of drug-likeness (QED) is 0.0265. The first-order chi connectivity index (χ1) is 44.5. The van der Waals surface area contributed by atoms with Gasteiger partial charge >= 0.3 is 0 Å². The molecule has 0 heterocycles. The minimum atomic E-state index is 1.15. The molecule has 0 fully saturated rings. The van der Waals surface area contributed by atoms with Gasteiger partial charge in [-0.05, 0) is 232 Å². The van der Waals surface area contributed by atoms with Gasteiger partial charge in [0.25, 0.3) is 0 Å². The van der Waals surface area contributed by atoms with Gasteiger partial charge in [-0.2, -0.15) is 0 Å². The minimum Gasteiger partial charge on any atom is -0.0654 e. The predicted octanol–water partition coefficient (Wildman–Crippen LogP) is 28.6. The van der Waals surface area contributed by atoms with Crippen molar-refractivity contribution in [1.82, 2.24) is 0 Å². The van der Waals surface area contributed by atoms with Gasteiger partial charge in [-0.15, -0.1) is 0 Å². The van der Waals surface area contributed by atoms with Gasteiger partial charge in [-0.3, -0.25) is 0 Å². The molecule has 90 heavy (non-hydrogen) atoms. The fourth-order valence-corrected chi connectivity index (χ4v) is 15.5. The van der Waals surface area contributed by atoms with E-state index in [9.17, 15) is 0 Å². The van der Waals surface area contributed by atoms with Crippen LogP contribution in [-0.2, 0) is 32.1 Å². The van der Waals surface area contributed by atoms with E-state index in [2.05, 4.69) is 186 Å². The largest absolute Gasteiger partial charge is 0.0654 e. The van der Waals surface area contributed by atoms with Crippen molar-refractivity contribution in [2.75, 3.05) is 0 Å². The van der Waals surface area contributed by atoms with E-state index in [4.69, 9.17) is 0 Å². The van der Waals surface area contributed by atoms with Crippen LogP contribution in [0.4, 0.5) is 0 Å². The van der Waals surface area contributed by atoms with Crippen molar-refractivity contribution in [2.24, 2.45) is 0 Å². The molecule has 0 aliphatic heterocycles. The van der Waals surface area contributed by atoms with Gasteiger partial charge in [-0.25, -0.2) is 0 Å². The summed E-state index contributed by atoms with van der Waals surface area (Å²) in [6.07, 6.45) is 45.4. The van der Waals surface area contributed by atoms with Crippen LogP contribution in [0, 0.1) is 0 Å². The van der Waals surface area contributed by atoms with E-state index in [1.165, 1.54) is 330 Å². The lowest BCUT2D eigenvalue weighted by Gasteiger charge is -2.18. The van der Waals surface area contributed by atoms with Crippen molar-refractivity contribution in [1.29, 1.82) is 0 Å². The summed E-state index contributed by atoms with van der Waals surface area (Å²) in [5.41, 5.74) is 20.6. The first kappa shape index (κ1) is 65.0. The van der Waals surface area contributed by atoms with Gasteiger partial charge < -0.3 is 0 Å². The molecule has 0 aliphatic rings. The number of aryl methyl sites for hydroxylation is 5. The molecule has 0 spiro atoms. The molecule has 0 radical (unpaired) electrons. The monoisotopic (exact) mass is 1190 g/mol. The fourth-order valence-electron chi connectivity index (χ4n) is 15.5. The summed E-state index contributed by atoms with van der Waals surface area (Å²) in [7, 11) is 0. The topological polar surface area (TPSA) is 0 Å². The maximum absolute atomic E-state index is 2.64. The van der Waals surface area contributed by atoms with Crippen molar-refractivity contribution in [3.8, 4) is 55.6 Å². The lowest BCUT2D eigenvalue weighted by Crippen LogP contribution is -1.92. The molecule has 0 amide bonds. The van der Waals surface area contributed by atoms with Gasteiger partial charge in [0.05, 0.1) is 0 Å². The van der Waals surface area contributed by atoms with Crippen LogP contribution in [0.3, 0.4) is 0 Å². The molecule has 470 valence electrons. The molecule has 11 aromatic rings. The minimum absolute atomic E-state index is 1.15. The molecule has 0 aromatic heterocycles. The van der Waals surface area contributed by atoms with Crippen molar-refractivity contribution < 1.29 is 0 Å². The number of hydrogen-bond donors (Lipinski definition) is 0. The Morgan fingerprint density at radius 3 is 0.467 bits per heavy atom. The van der Waals surface area contributed by atoms with Crippen molar-refractivity contribution in [2.45, 2.75) is 259 Å². The first-order valence-electron chi connectivity index (χ1n) is 37.3. The maximum Gasteiger partial charge on any atom is -0.000695 e. The van der Waals surface area contributed by atoms with E-state index in [1.54, 1.807) is 0 Å².